The molecule has 1 N–H and O–H groups in total. The molecule has 5 nitrogen and oxygen atoms in total. The summed E-state index contributed by atoms with van der Waals surface area (Å²) in [6.07, 6.45) is 0. The van der Waals surface area contributed by atoms with E-state index in [1.165, 1.54) is 10.9 Å². The molecule has 0 atom stereocenters. The molecule has 0 saturated heterocycles. The lowest BCUT2D eigenvalue weighted by molar-refractivity contribution is 0.0685. The van der Waals surface area contributed by atoms with E-state index < -0.39 is 5.97 Å². The van der Waals surface area contributed by atoms with Crippen molar-refractivity contribution >= 4 is 17.3 Å². The highest BCUT2D eigenvalue weighted by Crippen LogP contribution is 2.14. The molecule has 18 heavy (non-hydrogen) atoms. The number of rotatable bonds is 6. The van der Waals surface area contributed by atoms with E-state index in [-0.39, 0.29) is 5.69 Å². The van der Waals surface area contributed by atoms with Gasteiger partial charge in [0.25, 0.3) is 0 Å². The Morgan fingerprint density at radius 3 is 2.94 bits per heavy atom. The SMILES string of the molecule is CCN(Cc1cc(C(=O)O)no1)Cc1cccs1. The Labute approximate surface area is 109 Å². The average molecular weight is 266 g/mol. The maximum Gasteiger partial charge on any atom is 0.358 e. The summed E-state index contributed by atoms with van der Waals surface area (Å²) in [5.74, 6) is -0.489. The molecule has 0 amide bonds. The van der Waals surface area contributed by atoms with Gasteiger partial charge in [-0.3, -0.25) is 4.90 Å². The second-order valence-electron chi connectivity index (χ2n) is 3.87. The Balaban J connectivity index is 1.98. The third-order valence-electron chi connectivity index (χ3n) is 2.56. The fourth-order valence-corrected chi connectivity index (χ4v) is 2.36. The van der Waals surface area contributed by atoms with Gasteiger partial charge in [0.2, 0.25) is 0 Å². The minimum Gasteiger partial charge on any atom is -0.476 e. The zero-order valence-corrected chi connectivity index (χ0v) is 10.8. The maximum atomic E-state index is 10.7. The quantitative estimate of drug-likeness (QED) is 0.870. The summed E-state index contributed by atoms with van der Waals surface area (Å²) in [6, 6.07) is 5.57. The number of carbonyl (C=O) groups is 1. The van der Waals surface area contributed by atoms with Crippen LogP contribution in [0, 0.1) is 0 Å². The number of carboxylic acids is 1. The fourth-order valence-electron chi connectivity index (χ4n) is 1.61. The Morgan fingerprint density at radius 1 is 1.56 bits per heavy atom. The van der Waals surface area contributed by atoms with Crippen LogP contribution in [-0.2, 0) is 13.1 Å². The van der Waals surface area contributed by atoms with Crippen molar-refractivity contribution in [2.45, 2.75) is 20.0 Å². The third kappa shape index (κ3) is 3.18. The number of aromatic carboxylic acids is 1. The molecule has 0 aromatic carbocycles. The molecule has 0 unspecified atom stereocenters. The topological polar surface area (TPSA) is 66.6 Å². The average Bonchev–Trinajstić information content (AvgIpc) is 2.99. The highest BCUT2D eigenvalue weighted by atomic mass is 32.1. The molecule has 2 rings (SSSR count). The number of aromatic nitrogens is 1. The molecule has 2 aromatic heterocycles. The Hall–Kier alpha value is -1.66. The molecule has 0 fully saturated rings. The predicted molar refractivity (Wildman–Crippen MR) is 67.6 cm³/mol. The molecule has 0 aliphatic carbocycles. The standard InChI is InChI=1S/C12H14N2O3S/c1-2-14(8-10-4-3-5-18-10)7-9-6-11(12(15)16)13-17-9/h3-6H,2,7-8H2,1H3,(H,15,16). The zero-order chi connectivity index (χ0) is 13.0. The Bertz CT molecular complexity index is 507. The number of hydrogen-bond donors (Lipinski definition) is 1. The van der Waals surface area contributed by atoms with Crippen LogP contribution in [0.3, 0.4) is 0 Å². The summed E-state index contributed by atoms with van der Waals surface area (Å²) in [6.45, 7) is 4.31. The van der Waals surface area contributed by atoms with Gasteiger partial charge in [-0.15, -0.1) is 11.3 Å². The van der Waals surface area contributed by atoms with Crippen molar-refractivity contribution in [1.29, 1.82) is 0 Å². The molecule has 6 heteroatoms. The first kappa shape index (κ1) is 12.8. The van der Waals surface area contributed by atoms with Crippen molar-refractivity contribution in [2.24, 2.45) is 0 Å². The lowest BCUT2D eigenvalue weighted by atomic mass is 10.3. The van der Waals surface area contributed by atoms with Crippen molar-refractivity contribution < 1.29 is 14.4 Å². The van der Waals surface area contributed by atoms with E-state index in [0.717, 1.165) is 13.1 Å². The number of carboxylic acid groups (broad SMARTS) is 1. The van der Waals surface area contributed by atoms with Crippen LogP contribution in [0.5, 0.6) is 0 Å². The van der Waals surface area contributed by atoms with Gasteiger partial charge in [0.15, 0.2) is 11.5 Å². The molecular formula is C12H14N2O3S. The van der Waals surface area contributed by atoms with Gasteiger partial charge in [0.1, 0.15) is 0 Å². The van der Waals surface area contributed by atoms with Crippen LogP contribution in [0.15, 0.2) is 28.1 Å². The van der Waals surface area contributed by atoms with Crippen LogP contribution in [0.1, 0.15) is 28.0 Å². The van der Waals surface area contributed by atoms with Gasteiger partial charge in [-0.25, -0.2) is 4.79 Å². The van der Waals surface area contributed by atoms with Crippen molar-refractivity contribution in [3.8, 4) is 0 Å². The lowest BCUT2D eigenvalue weighted by Crippen LogP contribution is -2.21. The molecule has 2 heterocycles. The minimum atomic E-state index is -1.06. The zero-order valence-electron chi connectivity index (χ0n) is 10.00. The summed E-state index contributed by atoms with van der Waals surface area (Å²) in [4.78, 5) is 14.1. The molecule has 0 radical (unpaired) electrons. The number of thiophene rings is 1. The van der Waals surface area contributed by atoms with Crippen LogP contribution in [0.2, 0.25) is 0 Å². The summed E-state index contributed by atoms with van der Waals surface area (Å²) in [5, 5.41) is 14.3. The van der Waals surface area contributed by atoms with Crippen molar-refractivity contribution in [2.75, 3.05) is 6.54 Å². The van der Waals surface area contributed by atoms with Gasteiger partial charge in [0.05, 0.1) is 6.54 Å². The van der Waals surface area contributed by atoms with E-state index in [4.69, 9.17) is 9.63 Å². The second kappa shape index (κ2) is 5.79. The highest BCUT2D eigenvalue weighted by molar-refractivity contribution is 7.09. The summed E-state index contributed by atoms with van der Waals surface area (Å²) >= 11 is 1.71. The summed E-state index contributed by atoms with van der Waals surface area (Å²) < 4.78 is 5.01. The number of nitrogens with zero attached hydrogens (tertiary/aromatic N) is 2. The molecule has 0 spiro atoms. The first-order valence-corrected chi connectivity index (χ1v) is 6.50. The molecule has 96 valence electrons. The molecule has 0 aliphatic rings. The van der Waals surface area contributed by atoms with Crippen LogP contribution < -0.4 is 0 Å². The third-order valence-corrected chi connectivity index (χ3v) is 3.43. The van der Waals surface area contributed by atoms with Crippen LogP contribution in [0.4, 0.5) is 0 Å². The smallest absolute Gasteiger partial charge is 0.358 e. The van der Waals surface area contributed by atoms with Crippen LogP contribution in [0.25, 0.3) is 0 Å². The number of hydrogen-bond acceptors (Lipinski definition) is 5. The maximum absolute atomic E-state index is 10.7. The van der Waals surface area contributed by atoms with Gasteiger partial charge in [-0.1, -0.05) is 18.1 Å². The van der Waals surface area contributed by atoms with Gasteiger partial charge in [-0.2, -0.15) is 0 Å². The van der Waals surface area contributed by atoms with Gasteiger partial charge < -0.3 is 9.63 Å². The molecular weight excluding hydrogens is 252 g/mol. The van der Waals surface area contributed by atoms with Crippen LogP contribution in [-0.4, -0.2) is 27.7 Å². The minimum absolute atomic E-state index is 0.0443. The van der Waals surface area contributed by atoms with Crippen LogP contribution >= 0.6 is 11.3 Å². The molecule has 0 aliphatic heterocycles. The van der Waals surface area contributed by atoms with Crippen molar-refractivity contribution in [3.63, 3.8) is 0 Å². The van der Waals surface area contributed by atoms with E-state index in [0.29, 0.717) is 12.3 Å². The van der Waals surface area contributed by atoms with Gasteiger partial charge >= 0.3 is 5.97 Å². The Morgan fingerprint density at radius 2 is 2.39 bits per heavy atom. The van der Waals surface area contributed by atoms with E-state index in [9.17, 15) is 4.79 Å². The molecule has 0 bridgehead atoms. The van der Waals surface area contributed by atoms with Crippen molar-refractivity contribution in [1.82, 2.24) is 10.1 Å². The first-order valence-electron chi connectivity index (χ1n) is 5.62. The van der Waals surface area contributed by atoms with Crippen molar-refractivity contribution in [3.05, 3.63) is 39.9 Å². The normalized spacial score (nSPS) is 11.0. The largest absolute Gasteiger partial charge is 0.476 e. The van der Waals surface area contributed by atoms with Gasteiger partial charge in [-0.05, 0) is 18.0 Å². The van der Waals surface area contributed by atoms with E-state index in [2.05, 4.69) is 23.0 Å². The summed E-state index contributed by atoms with van der Waals surface area (Å²) in [7, 11) is 0. The van der Waals surface area contributed by atoms with E-state index in [1.807, 2.05) is 11.4 Å². The molecule has 0 saturated carbocycles. The fraction of sp³-hybridized carbons (Fsp3) is 0.333. The highest BCUT2D eigenvalue weighted by Gasteiger charge is 2.13. The Kier molecular flexibility index (Phi) is 4.11. The van der Waals surface area contributed by atoms with E-state index >= 15 is 0 Å². The monoisotopic (exact) mass is 266 g/mol. The summed E-state index contributed by atoms with van der Waals surface area (Å²) in [5.41, 5.74) is -0.0443. The predicted octanol–water partition coefficient (Wildman–Crippen LogP) is 2.46. The molecule has 2 aromatic rings. The first-order chi connectivity index (χ1) is 8.69. The van der Waals surface area contributed by atoms with E-state index in [1.54, 1.807) is 11.3 Å². The second-order valence-corrected chi connectivity index (χ2v) is 4.90. The van der Waals surface area contributed by atoms with Gasteiger partial charge in [0, 0.05) is 17.5 Å². The lowest BCUT2D eigenvalue weighted by Gasteiger charge is -2.17.